The number of rotatable bonds is 1. The van der Waals surface area contributed by atoms with Gasteiger partial charge in [0, 0.05) is 0 Å². The van der Waals surface area contributed by atoms with Crippen LogP contribution in [0, 0.1) is 0 Å². The third kappa shape index (κ3) is 1.15. The van der Waals surface area contributed by atoms with Gasteiger partial charge in [0.05, 0.1) is 6.04 Å². The van der Waals surface area contributed by atoms with Gasteiger partial charge < -0.3 is 10.1 Å². The van der Waals surface area contributed by atoms with E-state index < -0.39 is 0 Å². The topological polar surface area (TPSA) is 38.3 Å². The Morgan fingerprint density at radius 2 is 2.44 bits per heavy atom. The quantitative estimate of drug-likeness (QED) is 0.571. The Kier molecular flexibility index (Phi) is 1.60. The molecular weight excluding hydrogens is 118 g/mol. The molecule has 0 unspecified atom stereocenters. The maximum Gasteiger partial charge on any atom is 0.407 e. The van der Waals surface area contributed by atoms with Crippen LogP contribution in [0.15, 0.2) is 0 Å². The molecule has 9 heavy (non-hydrogen) atoms. The minimum absolute atomic E-state index is 0.0810. The van der Waals surface area contributed by atoms with Gasteiger partial charge in [-0.2, -0.15) is 0 Å². The molecule has 0 saturated carbocycles. The zero-order valence-corrected chi connectivity index (χ0v) is 5.68. The summed E-state index contributed by atoms with van der Waals surface area (Å²) in [5.74, 6) is 0. The van der Waals surface area contributed by atoms with Gasteiger partial charge in [-0.1, -0.05) is 6.92 Å². The van der Waals surface area contributed by atoms with Crippen LogP contribution >= 0.6 is 0 Å². The SMILES string of the molecule is CC[C@H]1OC(=O)N[C@@H]1C. The molecule has 52 valence electrons. The normalized spacial score (nSPS) is 33.8. The van der Waals surface area contributed by atoms with Gasteiger partial charge in [0.1, 0.15) is 6.10 Å². The number of carbonyl (C=O) groups excluding carboxylic acids is 1. The molecule has 0 aromatic heterocycles. The lowest BCUT2D eigenvalue weighted by Crippen LogP contribution is -2.27. The van der Waals surface area contributed by atoms with Gasteiger partial charge in [0.25, 0.3) is 0 Å². The number of nitrogens with one attached hydrogen (secondary N) is 1. The average Bonchev–Trinajstić information content (AvgIpc) is 2.10. The Morgan fingerprint density at radius 3 is 2.67 bits per heavy atom. The van der Waals surface area contributed by atoms with Crippen molar-refractivity contribution in [3.05, 3.63) is 0 Å². The third-order valence-electron chi connectivity index (χ3n) is 1.56. The smallest absolute Gasteiger partial charge is 0.407 e. The highest BCUT2D eigenvalue weighted by Gasteiger charge is 2.28. The number of carbonyl (C=O) groups is 1. The minimum atomic E-state index is -0.283. The summed E-state index contributed by atoms with van der Waals surface area (Å²) >= 11 is 0. The average molecular weight is 129 g/mol. The fourth-order valence-corrected chi connectivity index (χ4v) is 0.989. The molecule has 3 heteroatoms. The van der Waals surface area contributed by atoms with Crippen LogP contribution in [0.4, 0.5) is 4.79 Å². The van der Waals surface area contributed by atoms with Gasteiger partial charge in [0.15, 0.2) is 0 Å². The van der Waals surface area contributed by atoms with Crippen LogP contribution in [0.25, 0.3) is 0 Å². The minimum Gasteiger partial charge on any atom is -0.444 e. The molecule has 3 nitrogen and oxygen atoms in total. The Balaban J connectivity index is 2.47. The standard InChI is InChI=1S/C6H11NO2/c1-3-5-4(2)7-6(8)9-5/h4-5H,3H2,1-2H3,(H,7,8)/t4-,5-/m1/s1. The van der Waals surface area contributed by atoms with Crippen molar-refractivity contribution >= 4 is 6.09 Å². The van der Waals surface area contributed by atoms with Crippen LogP contribution in [0.1, 0.15) is 20.3 Å². The van der Waals surface area contributed by atoms with Gasteiger partial charge in [-0.3, -0.25) is 0 Å². The fourth-order valence-electron chi connectivity index (χ4n) is 0.989. The number of cyclic esters (lactones) is 1. The summed E-state index contributed by atoms with van der Waals surface area (Å²) in [7, 11) is 0. The molecule has 1 fully saturated rings. The van der Waals surface area contributed by atoms with Crippen LogP contribution in [0.5, 0.6) is 0 Å². The van der Waals surface area contributed by atoms with Crippen molar-refractivity contribution in [2.24, 2.45) is 0 Å². The van der Waals surface area contributed by atoms with Gasteiger partial charge in [0.2, 0.25) is 0 Å². The monoisotopic (exact) mass is 129 g/mol. The summed E-state index contributed by atoms with van der Waals surface area (Å²) in [5, 5.41) is 2.66. The number of ether oxygens (including phenoxy) is 1. The van der Waals surface area contributed by atoms with E-state index in [-0.39, 0.29) is 18.2 Å². The van der Waals surface area contributed by atoms with Crippen molar-refractivity contribution in [3.8, 4) is 0 Å². The summed E-state index contributed by atoms with van der Waals surface area (Å²) < 4.78 is 4.87. The van der Waals surface area contributed by atoms with Crippen molar-refractivity contribution < 1.29 is 9.53 Å². The van der Waals surface area contributed by atoms with E-state index in [2.05, 4.69) is 5.32 Å². The molecule has 1 aliphatic rings. The molecule has 1 aliphatic heterocycles. The van der Waals surface area contributed by atoms with E-state index in [0.717, 1.165) is 6.42 Å². The van der Waals surface area contributed by atoms with E-state index in [1.165, 1.54) is 0 Å². The molecule has 0 radical (unpaired) electrons. The molecule has 0 aromatic carbocycles. The van der Waals surface area contributed by atoms with Crippen LogP contribution in [0.3, 0.4) is 0 Å². The predicted octanol–water partition coefficient (Wildman–Crippen LogP) is 0.893. The first-order valence-electron chi connectivity index (χ1n) is 3.21. The van der Waals surface area contributed by atoms with Crippen LogP contribution < -0.4 is 5.32 Å². The highest BCUT2D eigenvalue weighted by molar-refractivity contribution is 5.70. The van der Waals surface area contributed by atoms with Crippen molar-refractivity contribution in [1.29, 1.82) is 0 Å². The lowest BCUT2D eigenvalue weighted by Gasteiger charge is -2.07. The highest BCUT2D eigenvalue weighted by Crippen LogP contribution is 2.10. The van der Waals surface area contributed by atoms with E-state index in [9.17, 15) is 4.79 Å². The Bertz CT molecular complexity index is 124. The Morgan fingerprint density at radius 1 is 1.78 bits per heavy atom. The second kappa shape index (κ2) is 2.25. The molecule has 1 N–H and O–H groups in total. The second-order valence-corrected chi connectivity index (χ2v) is 2.29. The molecule has 0 spiro atoms. The largest absolute Gasteiger partial charge is 0.444 e. The second-order valence-electron chi connectivity index (χ2n) is 2.29. The van der Waals surface area contributed by atoms with E-state index in [1.807, 2.05) is 13.8 Å². The van der Waals surface area contributed by atoms with E-state index in [1.54, 1.807) is 0 Å². The third-order valence-corrected chi connectivity index (χ3v) is 1.56. The van der Waals surface area contributed by atoms with Gasteiger partial charge in [-0.15, -0.1) is 0 Å². The number of alkyl carbamates (subject to hydrolysis) is 1. The van der Waals surface area contributed by atoms with Crippen molar-refractivity contribution in [3.63, 3.8) is 0 Å². The lowest BCUT2D eigenvalue weighted by molar-refractivity contribution is 0.131. The summed E-state index contributed by atoms with van der Waals surface area (Å²) in [6.07, 6.45) is 0.687. The van der Waals surface area contributed by atoms with Gasteiger partial charge in [-0.25, -0.2) is 4.79 Å². The first kappa shape index (κ1) is 6.39. The first-order valence-corrected chi connectivity index (χ1v) is 3.21. The first-order chi connectivity index (χ1) is 4.24. The summed E-state index contributed by atoms with van der Waals surface area (Å²) in [6, 6.07) is 0.183. The maximum atomic E-state index is 10.5. The van der Waals surface area contributed by atoms with Crippen molar-refractivity contribution in [1.82, 2.24) is 5.32 Å². The van der Waals surface area contributed by atoms with Gasteiger partial charge >= 0.3 is 6.09 Å². The number of hydrogen-bond acceptors (Lipinski definition) is 2. The van der Waals surface area contributed by atoms with Crippen molar-refractivity contribution in [2.45, 2.75) is 32.4 Å². The summed E-state index contributed by atoms with van der Waals surface area (Å²) in [5.41, 5.74) is 0. The Labute approximate surface area is 54.4 Å². The zero-order valence-electron chi connectivity index (χ0n) is 5.68. The molecule has 1 rings (SSSR count). The molecule has 1 saturated heterocycles. The fraction of sp³-hybridized carbons (Fsp3) is 0.833. The summed E-state index contributed by atoms with van der Waals surface area (Å²) in [6.45, 7) is 3.94. The molecule has 1 amide bonds. The molecule has 1 heterocycles. The maximum absolute atomic E-state index is 10.5. The van der Waals surface area contributed by atoms with Crippen molar-refractivity contribution in [2.75, 3.05) is 0 Å². The highest BCUT2D eigenvalue weighted by atomic mass is 16.6. The van der Waals surface area contributed by atoms with Crippen LogP contribution in [-0.4, -0.2) is 18.2 Å². The molecule has 0 aliphatic carbocycles. The van der Waals surface area contributed by atoms with Crippen LogP contribution in [-0.2, 0) is 4.74 Å². The summed E-state index contributed by atoms with van der Waals surface area (Å²) in [4.78, 5) is 10.5. The molecular formula is C6H11NO2. The zero-order chi connectivity index (χ0) is 6.85. The lowest BCUT2D eigenvalue weighted by atomic mass is 10.1. The predicted molar refractivity (Wildman–Crippen MR) is 33.2 cm³/mol. The Hall–Kier alpha value is -0.730. The number of hydrogen-bond donors (Lipinski definition) is 1. The van der Waals surface area contributed by atoms with Gasteiger partial charge in [-0.05, 0) is 13.3 Å². The van der Waals surface area contributed by atoms with E-state index in [0.29, 0.717) is 0 Å². The molecule has 0 bridgehead atoms. The van der Waals surface area contributed by atoms with E-state index >= 15 is 0 Å². The van der Waals surface area contributed by atoms with E-state index in [4.69, 9.17) is 4.74 Å². The molecule has 0 aromatic rings. The van der Waals surface area contributed by atoms with Crippen LogP contribution in [0.2, 0.25) is 0 Å². The number of amides is 1. The molecule has 2 atom stereocenters.